The Morgan fingerprint density at radius 2 is 1.24 bits per heavy atom. The van der Waals surface area contributed by atoms with Crippen LogP contribution in [0.1, 0.15) is 75.5 Å². The van der Waals surface area contributed by atoms with Gasteiger partial charge >= 0.3 is 11.9 Å². The molecule has 0 saturated heterocycles. The molecule has 3 atom stereocenters. The zero-order chi connectivity index (χ0) is 38.1. The molecular formula is C36H42F4N4O7. The topological polar surface area (TPSA) is 164 Å². The number of nitrogens with one attached hydrogen (secondary N) is 3. The van der Waals surface area contributed by atoms with Gasteiger partial charge in [0.15, 0.2) is 0 Å². The first kappa shape index (κ1) is 41.8. The number of benzene rings is 2. The van der Waals surface area contributed by atoms with E-state index in [-0.39, 0.29) is 42.3 Å². The van der Waals surface area contributed by atoms with E-state index in [1.807, 2.05) is 13.8 Å². The van der Waals surface area contributed by atoms with Crippen molar-refractivity contribution in [2.45, 2.75) is 83.7 Å². The maximum atomic E-state index is 13.3. The van der Waals surface area contributed by atoms with Crippen LogP contribution in [-0.2, 0) is 41.6 Å². The van der Waals surface area contributed by atoms with E-state index in [0.29, 0.717) is 37.6 Å². The third kappa shape index (κ3) is 15.4. The van der Waals surface area contributed by atoms with Crippen molar-refractivity contribution in [3.05, 3.63) is 94.7 Å². The molecule has 0 spiro atoms. The highest BCUT2D eigenvalue weighted by Crippen LogP contribution is 2.20. The number of methoxy groups -OCH3 is 1. The standard InChI is InChI=1S/C23H27F2N3O4.C13H15F2NO3/c1-4-5-19(27-21(29)11-15-9-17(24)12-18(25)10-15)23(31)28-20-7-6-16(13-26-20)14(2)8-22(30)32-3;1-2-3-11(13(18)19)16-12(17)6-8-4-9(14)7-10(15)5-8/h6-7,9-10,12-14,19H,4-5,8,11H2,1-3H3,(H,27,29)(H,26,28,31);4-5,7,11H,2-3,6H2,1H3,(H,16,17)(H,18,19). The van der Waals surface area contributed by atoms with Gasteiger partial charge in [0.05, 0.1) is 26.4 Å². The first-order valence-electron chi connectivity index (χ1n) is 16.2. The monoisotopic (exact) mass is 718 g/mol. The number of anilines is 1. The fraction of sp³-hybridized carbons (Fsp3) is 0.389. The van der Waals surface area contributed by atoms with E-state index in [4.69, 9.17) is 5.11 Å². The molecule has 51 heavy (non-hydrogen) atoms. The number of halogens is 4. The van der Waals surface area contributed by atoms with Crippen LogP contribution >= 0.6 is 0 Å². The number of aromatic nitrogens is 1. The number of pyridine rings is 1. The first-order chi connectivity index (χ1) is 24.1. The van der Waals surface area contributed by atoms with E-state index in [1.54, 1.807) is 25.3 Å². The summed E-state index contributed by atoms with van der Waals surface area (Å²) in [6, 6.07) is 7.22. The van der Waals surface area contributed by atoms with Crippen molar-refractivity contribution in [3.63, 3.8) is 0 Å². The summed E-state index contributed by atoms with van der Waals surface area (Å²) in [5.74, 6) is -5.89. The second-order valence-corrected chi connectivity index (χ2v) is 11.7. The van der Waals surface area contributed by atoms with Gasteiger partial charge in [0.25, 0.3) is 0 Å². The molecule has 3 amide bonds. The van der Waals surface area contributed by atoms with Gasteiger partial charge in [-0.05, 0) is 65.8 Å². The number of rotatable bonds is 16. The fourth-order valence-electron chi connectivity index (χ4n) is 4.83. The van der Waals surface area contributed by atoms with E-state index in [9.17, 15) is 41.5 Å². The normalized spacial score (nSPS) is 12.3. The van der Waals surface area contributed by atoms with Gasteiger partial charge in [-0.1, -0.05) is 39.7 Å². The second-order valence-electron chi connectivity index (χ2n) is 11.7. The summed E-state index contributed by atoms with van der Waals surface area (Å²) in [6.45, 7) is 5.53. The van der Waals surface area contributed by atoms with Crippen LogP contribution < -0.4 is 16.0 Å². The molecule has 3 rings (SSSR count). The molecule has 0 aliphatic heterocycles. The van der Waals surface area contributed by atoms with Crippen LogP contribution in [0.5, 0.6) is 0 Å². The summed E-state index contributed by atoms with van der Waals surface area (Å²) in [7, 11) is 1.33. The second kappa shape index (κ2) is 21.0. The highest BCUT2D eigenvalue weighted by atomic mass is 19.1. The Bertz CT molecular complexity index is 1620. The molecule has 276 valence electrons. The number of nitrogens with zero attached hydrogens (tertiary/aromatic N) is 1. The number of carbonyl (C=O) groups is 5. The molecule has 3 aromatic rings. The number of ether oxygens (including phenoxy) is 1. The predicted octanol–water partition coefficient (Wildman–Crippen LogP) is 5.37. The van der Waals surface area contributed by atoms with E-state index < -0.39 is 59.0 Å². The maximum Gasteiger partial charge on any atom is 0.326 e. The maximum absolute atomic E-state index is 13.3. The van der Waals surface area contributed by atoms with Gasteiger partial charge in [0.2, 0.25) is 17.7 Å². The minimum Gasteiger partial charge on any atom is -0.480 e. The van der Waals surface area contributed by atoms with Crippen molar-refractivity contribution >= 4 is 35.5 Å². The zero-order valence-corrected chi connectivity index (χ0v) is 28.7. The number of carboxylic acids is 1. The summed E-state index contributed by atoms with van der Waals surface area (Å²) < 4.78 is 57.2. The van der Waals surface area contributed by atoms with Gasteiger partial charge in [-0.3, -0.25) is 19.2 Å². The number of carbonyl (C=O) groups excluding carboxylic acids is 4. The van der Waals surface area contributed by atoms with E-state index in [2.05, 4.69) is 25.7 Å². The van der Waals surface area contributed by atoms with Gasteiger partial charge in [-0.25, -0.2) is 27.3 Å². The Morgan fingerprint density at radius 3 is 1.65 bits per heavy atom. The van der Waals surface area contributed by atoms with Crippen LogP contribution in [0.4, 0.5) is 23.4 Å². The lowest BCUT2D eigenvalue weighted by molar-refractivity contribution is -0.142. The van der Waals surface area contributed by atoms with Crippen LogP contribution in [0.15, 0.2) is 54.7 Å². The molecule has 11 nitrogen and oxygen atoms in total. The third-order valence-corrected chi connectivity index (χ3v) is 7.32. The predicted molar refractivity (Wildman–Crippen MR) is 179 cm³/mol. The Balaban J connectivity index is 0.000000404. The molecule has 2 aromatic carbocycles. The first-order valence-corrected chi connectivity index (χ1v) is 16.2. The van der Waals surface area contributed by atoms with Crippen molar-refractivity contribution in [3.8, 4) is 0 Å². The molecule has 1 heterocycles. The zero-order valence-electron chi connectivity index (χ0n) is 28.7. The minimum absolute atomic E-state index is 0.0977. The lowest BCUT2D eigenvalue weighted by Crippen LogP contribution is -2.44. The van der Waals surface area contributed by atoms with Gasteiger partial charge in [-0.2, -0.15) is 0 Å². The largest absolute Gasteiger partial charge is 0.480 e. The van der Waals surface area contributed by atoms with Gasteiger partial charge < -0.3 is 25.8 Å². The number of carboxylic acid groups (broad SMARTS) is 1. The van der Waals surface area contributed by atoms with Crippen molar-refractivity contribution in [1.82, 2.24) is 15.6 Å². The molecule has 0 saturated carbocycles. The van der Waals surface area contributed by atoms with Gasteiger partial charge in [0.1, 0.15) is 41.2 Å². The molecule has 3 unspecified atom stereocenters. The van der Waals surface area contributed by atoms with E-state index in [0.717, 1.165) is 35.9 Å². The molecule has 1 aromatic heterocycles. The van der Waals surface area contributed by atoms with Crippen molar-refractivity contribution in [1.29, 1.82) is 0 Å². The summed E-state index contributed by atoms with van der Waals surface area (Å²) >= 11 is 0. The van der Waals surface area contributed by atoms with E-state index in [1.165, 1.54) is 7.11 Å². The average molecular weight is 719 g/mol. The van der Waals surface area contributed by atoms with Crippen LogP contribution in [0.25, 0.3) is 0 Å². The summed E-state index contributed by atoms with van der Waals surface area (Å²) in [5, 5.41) is 16.5. The number of hydrogen-bond acceptors (Lipinski definition) is 7. The van der Waals surface area contributed by atoms with Crippen molar-refractivity contribution in [2.24, 2.45) is 0 Å². The number of aliphatic carboxylic acids is 1. The minimum atomic E-state index is -1.12. The lowest BCUT2D eigenvalue weighted by atomic mass is 10.00. The Hall–Kier alpha value is -5.34. The van der Waals surface area contributed by atoms with Crippen molar-refractivity contribution in [2.75, 3.05) is 12.4 Å². The number of esters is 1. The molecular weight excluding hydrogens is 676 g/mol. The quantitative estimate of drug-likeness (QED) is 0.114. The van der Waals surface area contributed by atoms with Crippen LogP contribution in [-0.4, -0.2) is 58.9 Å². The fourth-order valence-corrected chi connectivity index (χ4v) is 4.83. The summed E-state index contributed by atoms with van der Waals surface area (Å²) in [6.07, 6.45) is 3.17. The number of amides is 3. The molecule has 0 bridgehead atoms. The summed E-state index contributed by atoms with van der Waals surface area (Å²) in [5.41, 5.74) is 1.15. The molecule has 4 N–H and O–H groups in total. The molecule has 0 radical (unpaired) electrons. The Labute approximate surface area is 293 Å². The highest BCUT2D eigenvalue weighted by molar-refractivity contribution is 5.96. The molecule has 0 aliphatic carbocycles. The lowest BCUT2D eigenvalue weighted by Gasteiger charge is -2.18. The molecule has 0 fully saturated rings. The molecule has 15 heteroatoms. The third-order valence-electron chi connectivity index (χ3n) is 7.32. The molecule has 0 aliphatic rings. The Kier molecular flexibility index (Phi) is 17.2. The van der Waals surface area contributed by atoms with Crippen LogP contribution in [0.3, 0.4) is 0 Å². The average Bonchev–Trinajstić information content (AvgIpc) is 3.03. The van der Waals surface area contributed by atoms with E-state index >= 15 is 0 Å². The Morgan fingerprint density at radius 1 is 0.765 bits per heavy atom. The highest BCUT2D eigenvalue weighted by Gasteiger charge is 2.22. The smallest absolute Gasteiger partial charge is 0.326 e. The van der Waals surface area contributed by atoms with Crippen LogP contribution in [0, 0.1) is 23.3 Å². The van der Waals surface area contributed by atoms with Crippen LogP contribution in [0.2, 0.25) is 0 Å². The van der Waals surface area contributed by atoms with Gasteiger partial charge in [-0.15, -0.1) is 0 Å². The SMILES string of the molecule is CCCC(NC(=O)Cc1cc(F)cc(F)c1)C(=O)Nc1ccc(C(C)CC(=O)OC)cn1.CCCC(NC(=O)Cc1cc(F)cc(F)c1)C(=O)O. The summed E-state index contributed by atoms with van der Waals surface area (Å²) in [4.78, 5) is 63.0. The number of hydrogen-bond donors (Lipinski definition) is 4. The van der Waals surface area contributed by atoms with Gasteiger partial charge in [0, 0.05) is 18.3 Å². The van der Waals surface area contributed by atoms with Crippen molar-refractivity contribution < 1.29 is 51.4 Å².